The molecule has 8 heteroatoms. The maximum absolute atomic E-state index is 11.7. The Bertz CT molecular complexity index is 1040. The standard InChI is InChI=1S/C26H30N2O6/c1-3-7-19-16-22(34-24-18-27-12-13-28-24)10-11-23(19)33-15-6-14-32-21-9-5-8-20(17-21)25(29)26(30)31-4-2/h5,8-13,16-18,25,29H,3-4,6-7,14-15H2,1-2H3. The molecule has 34 heavy (non-hydrogen) atoms. The summed E-state index contributed by atoms with van der Waals surface area (Å²) >= 11 is 0. The van der Waals surface area contributed by atoms with Gasteiger partial charge in [0, 0.05) is 18.8 Å². The molecular weight excluding hydrogens is 436 g/mol. The third-order valence-electron chi connectivity index (χ3n) is 4.81. The highest BCUT2D eigenvalue weighted by atomic mass is 16.5. The van der Waals surface area contributed by atoms with Crippen molar-refractivity contribution < 1.29 is 28.8 Å². The molecule has 0 saturated carbocycles. The number of benzene rings is 2. The largest absolute Gasteiger partial charge is 0.493 e. The average Bonchev–Trinajstić information content (AvgIpc) is 2.85. The summed E-state index contributed by atoms with van der Waals surface area (Å²) in [6.07, 6.45) is 5.91. The van der Waals surface area contributed by atoms with E-state index in [2.05, 4.69) is 16.9 Å². The zero-order chi connectivity index (χ0) is 24.2. The van der Waals surface area contributed by atoms with Gasteiger partial charge in [0.25, 0.3) is 0 Å². The number of aliphatic hydroxyl groups excluding tert-OH is 1. The molecule has 1 heterocycles. The van der Waals surface area contributed by atoms with Crippen molar-refractivity contribution in [2.45, 2.75) is 39.2 Å². The number of aryl methyl sites for hydroxylation is 1. The summed E-state index contributed by atoms with van der Waals surface area (Å²) in [6.45, 7) is 4.92. The number of aliphatic hydroxyl groups is 1. The molecule has 0 saturated heterocycles. The quantitative estimate of drug-likeness (QED) is 0.287. The first kappa shape index (κ1) is 25.0. The Morgan fingerprint density at radius 2 is 1.88 bits per heavy atom. The summed E-state index contributed by atoms with van der Waals surface area (Å²) in [5, 5.41) is 10.1. The van der Waals surface area contributed by atoms with Crippen molar-refractivity contribution in [2.24, 2.45) is 0 Å². The van der Waals surface area contributed by atoms with Crippen molar-refractivity contribution in [2.75, 3.05) is 19.8 Å². The molecule has 2 aromatic carbocycles. The minimum atomic E-state index is -1.33. The molecule has 1 aromatic heterocycles. The first-order valence-electron chi connectivity index (χ1n) is 11.4. The van der Waals surface area contributed by atoms with E-state index < -0.39 is 12.1 Å². The molecule has 0 spiro atoms. The molecule has 0 fully saturated rings. The molecule has 3 rings (SSSR count). The van der Waals surface area contributed by atoms with Crippen LogP contribution in [0.15, 0.2) is 61.1 Å². The van der Waals surface area contributed by atoms with Crippen molar-refractivity contribution >= 4 is 5.97 Å². The lowest BCUT2D eigenvalue weighted by Crippen LogP contribution is -2.15. The Morgan fingerprint density at radius 3 is 2.65 bits per heavy atom. The molecule has 3 aromatic rings. The van der Waals surface area contributed by atoms with E-state index in [1.54, 1.807) is 49.8 Å². The van der Waals surface area contributed by atoms with E-state index in [-0.39, 0.29) is 6.61 Å². The van der Waals surface area contributed by atoms with Gasteiger partial charge in [0.2, 0.25) is 5.88 Å². The van der Waals surface area contributed by atoms with E-state index in [1.807, 2.05) is 18.2 Å². The molecule has 1 N–H and O–H groups in total. The van der Waals surface area contributed by atoms with E-state index in [0.717, 1.165) is 24.2 Å². The van der Waals surface area contributed by atoms with Gasteiger partial charge in [-0.2, -0.15) is 0 Å². The van der Waals surface area contributed by atoms with Gasteiger partial charge in [-0.05, 0) is 54.8 Å². The first-order chi connectivity index (χ1) is 16.6. The fraction of sp³-hybridized carbons (Fsp3) is 0.346. The number of nitrogens with zero attached hydrogens (tertiary/aromatic N) is 2. The minimum Gasteiger partial charge on any atom is -0.493 e. The van der Waals surface area contributed by atoms with Crippen molar-refractivity contribution in [3.8, 4) is 23.1 Å². The van der Waals surface area contributed by atoms with Crippen LogP contribution in [0.3, 0.4) is 0 Å². The van der Waals surface area contributed by atoms with Crippen molar-refractivity contribution in [1.82, 2.24) is 9.97 Å². The van der Waals surface area contributed by atoms with Gasteiger partial charge in [0.05, 0.1) is 26.0 Å². The maximum atomic E-state index is 11.7. The van der Waals surface area contributed by atoms with Crippen molar-refractivity contribution in [3.63, 3.8) is 0 Å². The summed E-state index contributed by atoms with van der Waals surface area (Å²) < 4.78 is 22.4. The lowest BCUT2D eigenvalue weighted by atomic mass is 10.1. The number of esters is 1. The summed E-state index contributed by atoms with van der Waals surface area (Å²) in [5.41, 5.74) is 1.49. The zero-order valence-corrected chi connectivity index (χ0v) is 19.5. The minimum absolute atomic E-state index is 0.212. The van der Waals surface area contributed by atoms with Gasteiger partial charge in [0.15, 0.2) is 6.10 Å². The number of carbonyl (C=O) groups is 1. The summed E-state index contributed by atoms with van der Waals surface area (Å²) in [5.74, 6) is 1.83. The van der Waals surface area contributed by atoms with Crippen LogP contribution in [0.1, 0.15) is 43.9 Å². The third-order valence-corrected chi connectivity index (χ3v) is 4.81. The number of ether oxygens (including phenoxy) is 4. The fourth-order valence-electron chi connectivity index (χ4n) is 3.25. The van der Waals surface area contributed by atoms with Crippen LogP contribution < -0.4 is 14.2 Å². The lowest BCUT2D eigenvalue weighted by Gasteiger charge is -2.14. The van der Waals surface area contributed by atoms with Gasteiger partial charge in [0.1, 0.15) is 17.2 Å². The second-order valence-electron chi connectivity index (χ2n) is 7.44. The number of carbonyl (C=O) groups excluding carboxylic acids is 1. The molecule has 0 aliphatic rings. The van der Waals surface area contributed by atoms with Crippen LogP contribution in [-0.2, 0) is 16.0 Å². The Morgan fingerprint density at radius 1 is 1.03 bits per heavy atom. The summed E-state index contributed by atoms with van der Waals surface area (Å²) in [4.78, 5) is 19.9. The van der Waals surface area contributed by atoms with Crippen LogP contribution in [0.4, 0.5) is 0 Å². The molecule has 0 aliphatic carbocycles. The Hall–Kier alpha value is -3.65. The average molecular weight is 467 g/mol. The second-order valence-corrected chi connectivity index (χ2v) is 7.44. The molecular formula is C26H30N2O6. The van der Waals surface area contributed by atoms with Crippen LogP contribution in [0, 0.1) is 0 Å². The zero-order valence-electron chi connectivity index (χ0n) is 19.5. The van der Waals surface area contributed by atoms with Crippen molar-refractivity contribution in [1.29, 1.82) is 0 Å². The number of hydrogen-bond donors (Lipinski definition) is 1. The summed E-state index contributed by atoms with van der Waals surface area (Å²) in [7, 11) is 0. The highest BCUT2D eigenvalue weighted by Crippen LogP contribution is 2.28. The lowest BCUT2D eigenvalue weighted by molar-refractivity contribution is -0.153. The maximum Gasteiger partial charge on any atom is 0.339 e. The van der Waals surface area contributed by atoms with E-state index in [9.17, 15) is 9.90 Å². The highest BCUT2D eigenvalue weighted by Gasteiger charge is 2.18. The molecule has 0 bridgehead atoms. The molecule has 0 amide bonds. The number of rotatable bonds is 13. The molecule has 1 unspecified atom stereocenters. The predicted molar refractivity (Wildman–Crippen MR) is 126 cm³/mol. The molecule has 8 nitrogen and oxygen atoms in total. The topological polar surface area (TPSA) is 100 Å². The predicted octanol–water partition coefficient (Wildman–Crippen LogP) is 4.67. The van der Waals surface area contributed by atoms with Crippen LogP contribution >= 0.6 is 0 Å². The summed E-state index contributed by atoms with van der Waals surface area (Å²) in [6, 6.07) is 12.5. The van der Waals surface area contributed by atoms with Gasteiger partial charge in [-0.1, -0.05) is 25.5 Å². The van der Waals surface area contributed by atoms with Gasteiger partial charge in [-0.15, -0.1) is 0 Å². The SMILES string of the molecule is CCCc1cc(Oc2cnccn2)ccc1OCCCOc1cccc(C(O)C(=O)OCC)c1. The fourth-order valence-corrected chi connectivity index (χ4v) is 3.25. The second kappa shape index (κ2) is 13.2. The third kappa shape index (κ3) is 7.45. The van der Waals surface area contributed by atoms with Crippen LogP contribution in [0.25, 0.3) is 0 Å². The van der Waals surface area contributed by atoms with Gasteiger partial charge in [-0.3, -0.25) is 4.98 Å². The molecule has 1 atom stereocenters. The Balaban J connectivity index is 1.49. The molecule has 0 radical (unpaired) electrons. The smallest absolute Gasteiger partial charge is 0.339 e. The van der Waals surface area contributed by atoms with Gasteiger partial charge in [-0.25, -0.2) is 9.78 Å². The van der Waals surface area contributed by atoms with Gasteiger partial charge < -0.3 is 24.1 Å². The van der Waals surface area contributed by atoms with Crippen LogP contribution in [-0.4, -0.2) is 40.9 Å². The van der Waals surface area contributed by atoms with Gasteiger partial charge >= 0.3 is 5.97 Å². The highest BCUT2D eigenvalue weighted by molar-refractivity contribution is 5.76. The number of aromatic nitrogens is 2. The Labute approximate surface area is 199 Å². The normalized spacial score (nSPS) is 11.5. The van der Waals surface area contributed by atoms with E-state index >= 15 is 0 Å². The number of hydrogen-bond acceptors (Lipinski definition) is 8. The van der Waals surface area contributed by atoms with Crippen LogP contribution in [0.5, 0.6) is 23.1 Å². The first-order valence-corrected chi connectivity index (χ1v) is 11.4. The monoisotopic (exact) mass is 466 g/mol. The Kier molecular flexibility index (Phi) is 9.66. The van der Waals surface area contributed by atoms with E-state index in [1.165, 1.54) is 0 Å². The van der Waals surface area contributed by atoms with E-state index in [0.29, 0.717) is 42.6 Å². The molecule has 0 aliphatic heterocycles. The van der Waals surface area contributed by atoms with Crippen molar-refractivity contribution in [3.05, 3.63) is 72.2 Å². The molecule has 180 valence electrons. The van der Waals surface area contributed by atoms with Crippen LogP contribution in [0.2, 0.25) is 0 Å². The van der Waals surface area contributed by atoms with E-state index in [4.69, 9.17) is 18.9 Å².